The van der Waals surface area contributed by atoms with E-state index in [4.69, 9.17) is 9.47 Å². The fourth-order valence-corrected chi connectivity index (χ4v) is 1.64. The van der Waals surface area contributed by atoms with Crippen molar-refractivity contribution in [2.24, 2.45) is 0 Å². The molecule has 0 spiro atoms. The molecule has 0 aliphatic heterocycles. The summed E-state index contributed by atoms with van der Waals surface area (Å²) in [7, 11) is 3.35. The number of aromatic nitrogens is 2. The fraction of sp³-hybridized carbons (Fsp3) is 0.692. The molecule has 0 unspecified atom stereocenters. The molecule has 0 radical (unpaired) electrons. The molecule has 6 nitrogen and oxygen atoms in total. The number of methoxy groups -OCH3 is 2. The van der Waals surface area contributed by atoms with Crippen molar-refractivity contribution in [3.05, 3.63) is 6.33 Å². The lowest BCUT2D eigenvalue weighted by atomic mass is 10.3. The Bertz CT molecular complexity index is 360. The largest absolute Gasteiger partial charge is 0.490 e. The van der Waals surface area contributed by atoms with Gasteiger partial charge in [0.1, 0.15) is 6.33 Å². The SMILES string of the molecule is CCCNc1ncnc(NCCCCOC)c1OC. The molecule has 0 aliphatic carbocycles. The number of ether oxygens (including phenoxy) is 2. The van der Waals surface area contributed by atoms with Gasteiger partial charge in [-0.15, -0.1) is 0 Å². The molecule has 1 aromatic heterocycles. The first-order valence-electron chi connectivity index (χ1n) is 6.69. The van der Waals surface area contributed by atoms with E-state index in [2.05, 4.69) is 27.5 Å². The lowest BCUT2D eigenvalue weighted by molar-refractivity contribution is 0.193. The van der Waals surface area contributed by atoms with Gasteiger partial charge in [0.05, 0.1) is 7.11 Å². The molecule has 1 heterocycles. The smallest absolute Gasteiger partial charge is 0.204 e. The predicted molar refractivity (Wildman–Crippen MR) is 77.0 cm³/mol. The van der Waals surface area contributed by atoms with Crippen LogP contribution < -0.4 is 15.4 Å². The second kappa shape index (κ2) is 9.38. The third-order valence-corrected chi connectivity index (χ3v) is 2.62. The van der Waals surface area contributed by atoms with Crippen LogP contribution in [0.3, 0.4) is 0 Å². The maximum absolute atomic E-state index is 5.38. The first-order valence-corrected chi connectivity index (χ1v) is 6.69. The van der Waals surface area contributed by atoms with Crippen LogP contribution in [0.5, 0.6) is 5.75 Å². The summed E-state index contributed by atoms with van der Waals surface area (Å²) in [5.74, 6) is 2.13. The van der Waals surface area contributed by atoms with Crippen molar-refractivity contribution in [2.75, 3.05) is 44.5 Å². The highest BCUT2D eigenvalue weighted by molar-refractivity contribution is 5.63. The quantitative estimate of drug-likeness (QED) is 0.634. The highest BCUT2D eigenvalue weighted by atomic mass is 16.5. The van der Waals surface area contributed by atoms with Gasteiger partial charge in [0, 0.05) is 26.8 Å². The first-order chi connectivity index (χ1) is 9.33. The molecule has 1 aromatic rings. The van der Waals surface area contributed by atoms with Crippen LogP contribution >= 0.6 is 0 Å². The van der Waals surface area contributed by atoms with Crippen LogP contribution in [0.15, 0.2) is 6.33 Å². The lowest BCUT2D eigenvalue weighted by Gasteiger charge is -2.13. The highest BCUT2D eigenvalue weighted by Crippen LogP contribution is 2.28. The molecule has 0 bridgehead atoms. The molecule has 0 amide bonds. The van der Waals surface area contributed by atoms with Crippen molar-refractivity contribution in [3.63, 3.8) is 0 Å². The standard InChI is InChI=1S/C13H24N4O2/c1-4-7-14-12-11(19-3)13(17-10-16-12)15-8-5-6-9-18-2/h10H,4-9H2,1-3H3,(H2,14,15,16,17). The topological polar surface area (TPSA) is 68.3 Å². The van der Waals surface area contributed by atoms with E-state index in [1.54, 1.807) is 14.2 Å². The molecule has 0 aromatic carbocycles. The van der Waals surface area contributed by atoms with Crippen LogP contribution in [0.1, 0.15) is 26.2 Å². The molecule has 0 aliphatic rings. The number of nitrogens with zero attached hydrogens (tertiary/aromatic N) is 2. The van der Waals surface area contributed by atoms with Crippen LogP contribution in [0.2, 0.25) is 0 Å². The minimum Gasteiger partial charge on any atom is -0.490 e. The van der Waals surface area contributed by atoms with Gasteiger partial charge in [-0.3, -0.25) is 0 Å². The average molecular weight is 268 g/mol. The predicted octanol–water partition coefficient (Wildman–Crippen LogP) is 2.15. The van der Waals surface area contributed by atoms with Crippen molar-refractivity contribution in [3.8, 4) is 5.75 Å². The Balaban J connectivity index is 2.56. The van der Waals surface area contributed by atoms with Gasteiger partial charge in [-0.25, -0.2) is 9.97 Å². The zero-order valence-corrected chi connectivity index (χ0v) is 12.0. The summed E-state index contributed by atoms with van der Waals surface area (Å²) in [6, 6.07) is 0. The molecular weight excluding hydrogens is 244 g/mol. The summed E-state index contributed by atoms with van der Waals surface area (Å²) < 4.78 is 10.4. The Morgan fingerprint density at radius 1 is 1.05 bits per heavy atom. The van der Waals surface area contributed by atoms with Gasteiger partial charge in [0.2, 0.25) is 5.75 Å². The van der Waals surface area contributed by atoms with Gasteiger partial charge < -0.3 is 20.1 Å². The van der Waals surface area contributed by atoms with Crippen LogP contribution in [-0.4, -0.2) is 43.9 Å². The fourth-order valence-electron chi connectivity index (χ4n) is 1.64. The number of rotatable bonds is 10. The molecule has 0 saturated carbocycles. The molecule has 6 heteroatoms. The number of unbranched alkanes of at least 4 members (excludes halogenated alkanes) is 1. The van der Waals surface area contributed by atoms with Crippen molar-refractivity contribution in [2.45, 2.75) is 26.2 Å². The summed E-state index contributed by atoms with van der Waals surface area (Å²) in [5.41, 5.74) is 0. The average Bonchev–Trinajstić information content (AvgIpc) is 2.44. The lowest BCUT2D eigenvalue weighted by Crippen LogP contribution is -2.10. The highest BCUT2D eigenvalue weighted by Gasteiger charge is 2.10. The van der Waals surface area contributed by atoms with E-state index in [1.807, 2.05) is 0 Å². The molecule has 19 heavy (non-hydrogen) atoms. The molecule has 0 fully saturated rings. The molecule has 108 valence electrons. The monoisotopic (exact) mass is 268 g/mol. The van der Waals surface area contributed by atoms with Crippen LogP contribution in [-0.2, 0) is 4.74 Å². The van der Waals surface area contributed by atoms with Crippen LogP contribution in [0, 0.1) is 0 Å². The van der Waals surface area contributed by atoms with Crippen molar-refractivity contribution < 1.29 is 9.47 Å². The van der Waals surface area contributed by atoms with E-state index in [1.165, 1.54) is 6.33 Å². The van der Waals surface area contributed by atoms with E-state index in [0.29, 0.717) is 5.75 Å². The Morgan fingerprint density at radius 2 is 1.74 bits per heavy atom. The Hall–Kier alpha value is -1.56. The number of anilines is 2. The number of hydrogen-bond acceptors (Lipinski definition) is 6. The zero-order chi connectivity index (χ0) is 13.9. The van der Waals surface area contributed by atoms with Gasteiger partial charge in [-0.1, -0.05) is 6.92 Å². The second-order valence-electron chi connectivity index (χ2n) is 4.16. The van der Waals surface area contributed by atoms with E-state index in [9.17, 15) is 0 Å². The minimum absolute atomic E-state index is 0.669. The summed E-state index contributed by atoms with van der Waals surface area (Å²) in [4.78, 5) is 8.42. The van der Waals surface area contributed by atoms with E-state index in [-0.39, 0.29) is 0 Å². The molecule has 0 saturated heterocycles. The number of nitrogens with one attached hydrogen (secondary N) is 2. The van der Waals surface area contributed by atoms with Crippen molar-refractivity contribution in [1.82, 2.24) is 9.97 Å². The Labute approximate surface area is 114 Å². The normalized spacial score (nSPS) is 10.3. The first kappa shape index (κ1) is 15.5. The summed E-state index contributed by atoms with van der Waals surface area (Å²) in [6.45, 7) is 4.59. The van der Waals surface area contributed by atoms with Crippen molar-refractivity contribution in [1.29, 1.82) is 0 Å². The summed E-state index contributed by atoms with van der Waals surface area (Å²) in [5, 5.41) is 6.50. The third-order valence-electron chi connectivity index (χ3n) is 2.62. The van der Waals surface area contributed by atoms with Gasteiger partial charge in [0.25, 0.3) is 0 Å². The molecule has 1 rings (SSSR count). The maximum Gasteiger partial charge on any atom is 0.204 e. The van der Waals surface area contributed by atoms with E-state index in [0.717, 1.165) is 50.6 Å². The van der Waals surface area contributed by atoms with Gasteiger partial charge in [-0.05, 0) is 19.3 Å². The zero-order valence-electron chi connectivity index (χ0n) is 12.0. The van der Waals surface area contributed by atoms with Crippen LogP contribution in [0.25, 0.3) is 0 Å². The van der Waals surface area contributed by atoms with Crippen LogP contribution in [0.4, 0.5) is 11.6 Å². The van der Waals surface area contributed by atoms with Crippen molar-refractivity contribution >= 4 is 11.6 Å². The second-order valence-corrected chi connectivity index (χ2v) is 4.16. The molecule has 0 atom stereocenters. The Kier molecular flexibility index (Phi) is 7.65. The van der Waals surface area contributed by atoms with E-state index >= 15 is 0 Å². The Morgan fingerprint density at radius 3 is 2.32 bits per heavy atom. The van der Waals surface area contributed by atoms with Gasteiger partial charge in [-0.2, -0.15) is 0 Å². The summed E-state index contributed by atoms with van der Waals surface area (Å²) >= 11 is 0. The third kappa shape index (κ3) is 5.30. The number of hydrogen-bond donors (Lipinski definition) is 2. The minimum atomic E-state index is 0.669. The van der Waals surface area contributed by atoms with Gasteiger partial charge in [0.15, 0.2) is 11.6 Å². The summed E-state index contributed by atoms with van der Waals surface area (Å²) in [6.07, 6.45) is 4.63. The van der Waals surface area contributed by atoms with E-state index < -0.39 is 0 Å². The maximum atomic E-state index is 5.38. The molecular formula is C13H24N4O2. The van der Waals surface area contributed by atoms with Gasteiger partial charge >= 0.3 is 0 Å². The molecule has 2 N–H and O–H groups in total.